The Bertz CT molecular complexity index is 1020. The Labute approximate surface area is 183 Å². The van der Waals surface area contributed by atoms with Crippen LogP contribution in [0.4, 0.5) is 0 Å². The number of benzene rings is 2. The maximum atomic E-state index is 11.9. The molecule has 0 aliphatic carbocycles. The average Bonchev–Trinajstić information content (AvgIpc) is 2.80. The third-order valence-corrected chi connectivity index (χ3v) is 4.90. The summed E-state index contributed by atoms with van der Waals surface area (Å²) in [6.45, 7) is 4.81. The first-order valence-electron chi connectivity index (χ1n) is 10.6. The summed E-state index contributed by atoms with van der Waals surface area (Å²) < 4.78 is 6.90. The summed E-state index contributed by atoms with van der Waals surface area (Å²) in [6.07, 6.45) is 2.71. The van der Waals surface area contributed by atoms with Crippen LogP contribution in [-0.4, -0.2) is 30.7 Å². The highest BCUT2D eigenvalue weighted by Gasteiger charge is 2.01. The van der Waals surface area contributed by atoms with Crippen molar-refractivity contribution in [3.63, 3.8) is 0 Å². The van der Waals surface area contributed by atoms with E-state index in [0.29, 0.717) is 13.1 Å². The molecule has 0 spiro atoms. The van der Waals surface area contributed by atoms with E-state index in [9.17, 15) is 4.79 Å². The number of nitrogens with one attached hydrogen (secondary N) is 2. The van der Waals surface area contributed by atoms with Crippen molar-refractivity contribution in [1.29, 1.82) is 0 Å². The molecule has 0 radical (unpaired) electrons. The first kappa shape index (κ1) is 22.2. The van der Waals surface area contributed by atoms with Gasteiger partial charge >= 0.3 is 0 Å². The van der Waals surface area contributed by atoms with Crippen LogP contribution in [0.2, 0.25) is 0 Å². The van der Waals surface area contributed by atoms with Gasteiger partial charge in [-0.15, -0.1) is 0 Å². The van der Waals surface area contributed by atoms with Gasteiger partial charge in [0.15, 0.2) is 5.96 Å². The Hall–Kier alpha value is -3.54. The average molecular weight is 419 g/mol. The molecular weight excluding hydrogens is 388 g/mol. The number of hydrogen-bond donors (Lipinski definition) is 2. The van der Waals surface area contributed by atoms with Crippen molar-refractivity contribution in [2.45, 2.75) is 26.4 Å². The van der Waals surface area contributed by atoms with Crippen LogP contribution >= 0.6 is 0 Å². The topological polar surface area (TPSA) is 67.7 Å². The Morgan fingerprint density at radius 1 is 0.935 bits per heavy atom. The monoisotopic (exact) mass is 418 g/mol. The molecule has 0 bridgehead atoms. The zero-order valence-electron chi connectivity index (χ0n) is 18.2. The van der Waals surface area contributed by atoms with E-state index in [-0.39, 0.29) is 5.56 Å². The fraction of sp³-hybridized carbons (Fsp3) is 0.280. The molecule has 2 aromatic carbocycles. The van der Waals surface area contributed by atoms with E-state index in [0.717, 1.165) is 42.3 Å². The van der Waals surface area contributed by atoms with Crippen molar-refractivity contribution in [3.05, 3.63) is 100.0 Å². The van der Waals surface area contributed by atoms with Crippen LogP contribution in [0, 0.1) is 0 Å². The zero-order valence-corrected chi connectivity index (χ0v) is 18.2. The minimum atomic E-state index is 0.00664. The van der Waals surface area contributed by atoms with E-state index in [4.69, 9.17) is 4.74 Å². The normalized spacial score (nSPS) is 11.2. The van der Waals surface area contributed by atoms with Gasteiger partial charge in [0.1, 0.15) is 5.75 Å². The second kappa shape index (κ2) is 11.6. The first-order chi connectivity index (χ1) is 15.2. The third-order valence-electron chi connectivity index (χ3n) is 4.90. The quantitative estimate of drug-likeness (QED) is 0.414. The highest BCUT2D eigenvalue weighted by Crippen LogP contribution is 2.11. The Kier molecular flexibility index (Phi) is 8.29. The van der Waals surface area contributed by atoms with Gasteiger partial charge in [0.05, 0.1) is 20.2 Å². The largest absolute Gasteiger partial charge is 0.497 e. The highest BCUT2D eigenvalue weighted by atomic mass is 16.5. The lowest BCUT2D eigenvalue weighted by atomic mass is 10.1. The molecule has 0 aliphatic heterocycles. The molecule has 0 amide bonds. The molecule has 6 nitrogen and oxygen atoms in total. The van der Waals surface area contributed by atoms with Crippen molar-refractivity contribution in [2.75, 3.05) is 20.2 Å². The minimum Gasteiger partial charge on any atom is -0.497 e. The number of aromatic nitrogens is 1. The molecule has 1 heterocycles. The number of hydrogen-bond acceptors (Lipinski definition) is 3. The van der Waals surface area contributed by atoms with Gasteiger partial charge in [-0.3, -0.25) is 4.79 Å². The maximum absolute atomic E-state index is 11.9. The summed E-state index contributed by atoms with van der Waals surface area (Å²) >= 11 is 0. The van der Waals surface area contributed by atoms with E-state index in [1.165, 1.54) is 5.56 Å². The SMILES string of the molecule is CCNC(=NCc1ccc(Cn2ccccc2=O)cc1)NCCc1ccc(OC)cc1. The molecule has 0 unspecified atom stereocenters. The van der Waals surface area contributed by atoms with Crippen molar-refractivity contribution < 1.29 is 4.74 Å². The van der Waals surface area contributed by atoms with Gasteiger partial charge < -0.3 is 19.9 Å². The molecule has 3 aromatic rings. The van der Waals surface area contributed by atoms with E-state index in [1.54, 1.807) is 30.0 Å². The molecule has 0 saturated heterocycles. The van der Waals surface area contributed by atoms with Gasteiger partial charge in [0.2, 0.25) is 0 Å². The number of nitrogens with zero attached hydrogens (tertiary/aromatic N) is 2. The molecule has 0 atom stereocenters. The fourth-order valence-corrected chi connectivity index (χ4v) is 3.17. The third kappa shape index (κ3) is 7.03. The van der Waals surface area contributed by atoms with Crippen molar-refractivity contribution in [3.8, 4) is 5.75 Å². The van der Waals surface area contributed by atoms with Crippen molar-refractivity contribution >= 4 is 5.96 Å². The number of pyridine rings is 1. The summed E-state index contributed by atoms with van der Waals surface area (Å²) in [4.78, 5) is 16.6. The molecule has 0 saturated carbocycles. The molecule has 162 valence electrons. The summed E-state index contributed by atoms with van der Waals surface area (Å²) in [6, 6.07) is 21.5. The fourth-order valence-electron chi connectivity index (χ4n) is 3.17. The summed E-state index contributed by atoms with van der Waals surface area (Å²) in [7, 11) is 1.67. The Morgan fingerprint density at radius 3 is 2.32 bits per heavy atom. The highest BCUT2D eigenvalue weighted by molar-refractivity contribution is 5.79. The lowest BCUT2D eigenvalue weighted by molar-refractivity contribution is 0.414. The molecule has 1 aromatic heterocycles. The molecule has 3 rings (SSSR count). The van der Waals surface area contributed by atoms with Gasteiger partial charge in [0.25, 0.3) is 5.56 Å². The van der Waals surface area contributed by atoms with Crippen molar-refractivity contribution in [2.24, 2.45) is 4.99 Å². The van der Waals surface area contributed by atoms with Gasteiger partial charge in [0, 0.05) is 25.4 Å². The predicted octanol–water partition coefficient (Wildman–Crippen LogP) is 3.20. The van der Waals surface area contributed by atoms with E-state index in [1.807, 2.05) is 30.3 Å². The van der Waals surface area contributed by atoms with E-state index < -0.39 is 0 Å². The number of rotatable bonds is 9. The molecular formula is C25H30N4O2. The maximum Gasteiger partial charge on any atom is 0.250 e. The minimum absolute atomic E-state index is 0.00664. The van der Waals surface area contributed by atoms with Crippen LogP contribution in [-0.2, 0) is 19.5 Å². The van der Waals surface area contributed by atoms with Gasteiger partial charge in [-0.1, -0.05) is 42.5 Å². The summed E-state index contributed by atoms with van der Waals surface area (Å²) in [5.41, 5.74) is 3.46. The van der Waals surface area contributed by atoms with E-state index >= 15 is 0 Å². The van der Waals surface area contributed by atoms with Gasteiger partial charge in [-0.2, -0.15) is 0 Å². The second-order valence-electron chi connectivity index (χ2n) is 7.20. The summed E-state index contributed by atoms with van der Waals surface area (Å²) in [5, 5.41) is 6.68. The molecule has 2 N–H and O–H groups in total. The molecule has 31 heavy (non-hydrogen) atoms. The van der Waals surface area contributed by atoms with Crippen LogP contribution in [0.1, 0.15) is 23.6 Å². The number of aliphatic imine (C=N–C) groups is 1. The van der Waals surface area contributed by atoms with Gasteiger partial charge in [-0.05, 0) is 48.2 Å². The lowest BCUT2D eigenvalue weighted by Crippen LogP contribution is -2.38. The zero-order chi connectivity index (χ0) is 21.9. The van der Waals surface area contributed by atoms with Crippen LogP contribution in [0.25, 0.3) is 0 Å². The van der Waals surface area contributed by atoms with Crippen LogP contribution in [0.3, 0.4) is 0 Å². The molecule has 0 aliphatic rings. The standard InChI is InChI=1S/C25H30N4O2/c1-3-26-25(27-16-15-20-11-13-23(31-2)14-12-20)28-18-21-7-9-22(10-8-21)19-29-17-5-4-6-24(29)30/h4-14,17H,3,15-16,18-19H2,1-2H3,(H2,26,27,28). The van der Waals surface area contributed by atoms with Crippen LogP contribution in [0.5, 0.6) is 5.75 Å². The smallest absolute Gasteiger partial charge is 0.250 e. The predicted molar refractivity (Wildman–Crippen MR) is 126 cm³/mol. The molecule has 6 heteroatoms. The van der Waals surface area contributed by atoms with Crippen molar-refractivity contribution in [1.82, 2.24) is 15.2 Å². The number of ether oxygens (including phenoxy) is 1. The van der Waals surface area contributed by atoms with Gasteiger partial charge in [-0.25, -0.2) is 4.99 Å². The lowest BCUT2D eigenvalue weighted by Gasteiger charge is -2.12. The Balaban J connectivity index is 1.53. The van der Waals surface area contributed by atoms with Crippen LogP contribution < -0.4 is 20.9 Å². The summed E-state index contributed by atoms with van der Waals surface area (Å²) in [5.74, 6) is 1.67. The second-order valence-corrected chi connectivity index (χ2v) is 7.20. The Morgan fingerprint density at radius 2 is 1.65 bits per heavy atom. The van der Waals surface area contributed by atoms with Crippen LogP contribution in [0.15, 0.2) is 82.7 Å². The van der Waals surface area contributed by atoms with E-state index in [2.05, 4.69) is 46.8 Å². The first-order valence-corrected chi connectivity index (χ1v) is 10.6. The number of methoxy groups -OCH3 is 1. The molecule has 0 fully saturated rings. The number of guanidine groups is 1.